The van der Waals surface area contributed by atoms with Gasteiger partial charge in [0, 0.05) is 41.4 Å². The molecule has 1 atom stereocenters. The van der Waals surface area contributed by atoms with Crippen molar-refractivity contribution in [3.05, 3.63) is 69.2 Å². The zero-order valence-electron chi connectivity index (χ0n) is 17.5. The van der Waals surface area contributed by atoms with Crippen molar-refractivity contribution in [1.82, 2.24) is 15.0 Å². The predicted octanol–water partition coefficient (Wildman–Crippen LogP) is 5.28. The van der Waals surface area contributed by atoms with Gasteiger partial charge in [-0.15, -0.1) is 0 Å². The Bertz CT molecular complexity index is 1130. The lowest BCUT2D eigenvalue weighted by Gasteiger charge is -2.31. The highest BCUT2D eigenvalue weighted by Gasteiger charge is 2.31. The first-order valence-corrected chi connectivity index (χ1v) is 10.9. The molecular formula is C22H22BrF3N6. The first-order valence-electron chi connectivity index (χ1n) is 10.1. The molecule has 0 fully saturated rings. The van der Waals surface area contributed by atoms with Gasteiger partial charge >= 0.3 is 6.18 Å². The average molecular weight is 507 g/mol. The monoisotopic (exact) mass is 506 g/mol. The number of benzene rings is 1. The van der Waals surface area contributed by atoms with Crippen LogP contribution in [0.15, 0.2) is 41.0 Å². The summed E-state index contributed by atoms with van der Waals surface area (Å²) >= 11 is 3.40. The van der Waals surface area contributed by atoms with Gasteiger partial charge in [-0.05, 0) is 65.7 Å². The third-order valence-electron chi connectivity index (χ3n) is 5.37. The van der Waals surface area contributed by atoms with Crippen molar-refractivity contribution in [1.29, 1.82) is 0 Å². The number of nitrogen functional groups attached to an aromatic ring is 1. The Morgan fingerprint density at radius 1 is 1.19 bits per heavy atom. The molecule has 1 aliphatic heterocycles. The smallest absolute Gasteiger partial charge is 0.399 e. The molecule has 0 bridgehead atoms. The van der Waals surface area contributed by atoms with Crippen LogP contribution in [0.1, 0.15) is 41.2 Å². The zero-order valence-corrected chi connectivity index (χ0v) is 19.1. The molecule has 0 saturated carbocycles. The van der Waals surface area contributed by atoms with Crippen molar-refractivity contribution in [2.75, 3.05) is 22.5 Å². The molecule has 1 unspecified atom stereocenters. The minimum atomic E-state index is -4.47. The van der Waals surface area contributed by atoms with E-state index in [1.165, 1.54) is 0 Å². The number of alkyl halides is 3. The van der Waals surface area contributed by atoms with E-state index >= 15 is 0 Å². The fraction of sp³-hybridized carbons (Fsp3) is 0.318. The molecule has 168 valence electrons. The van der Waals surface area contributed by atoms with E-state index in [-0.39, 0.29) is 5.69 Å². The fourth-order valence-electron chi connectivity index (χ4n) is 3.79. The predicted molar refractivity (Wildman–Crippen MR) is 121 cm³/mol. The quantitative estimate of drug-likeness (QED) is 0.468. The van der Waals surface area contributed by atoms with Gasteiger partial charge in [0.1, 0.15) is 17.5 Å². The van der Waals surface area contributed by atoms with E-state index in [4.69, 9.17) is 5.73 Å². The molecule has 2 aromatic heterocycles. The van der Waals surface area contributed by atoms with Crippen molar-refractivity contribution < 1.29 is 13.2 Å². The van der Waals surface area contributed by atoms with Gasteiger partial charge in [-0.3, -0.25) is 0 Å². The fourth-order valence-corrected chi connectivity index (χ4v) is 4.02. The number of pyridine rings is 1. The third-order valence-corrected chi connectivity index (χ3v) is 5.84. The van der Waals surface area contributed by atoms with E-state index < -0.39 is 17.8 Å². The molecule has 1 aliphatic rings. The molecule has 1 aromatic carbocycles. The van der Waals surface area contributed by atoms with Crippen LogP contribution in [0.5, 0.6) is 0 Å². The molecule has 4 rings (SSSR count). The van der Waals surface area contributed by atoms with Gasteiger partial charge in [0.05, 0.1) is 17.3 Å². The lowest BCUT2D eigenvalue weighted by molar-refractivity contribution is -0.137. The number of hydrogen-bond donors (Lipinski definition) is 2. The van der Waals surface area contributed by atoms with Crippen LogP contribution in [0.4, 0.5) is 30.5 Å². The van der Waals surface area contributed by atoms with Crippen molar-refractivity contribution >= 4 is 33.3 Å². The Morgan fingerprint density at radius 2 is 1.97 bits per heavy atom. The highest BCUT2D eigenvalue weighted by Crippen LogP contribution is 2.34. The minimum Gasteiger partial charge on any atom is -0.399 e. The van der Waals surface area contributed by atoms with Gasteiger partial charge in [-0.2, -0.15) is 13.2 Å². The molecule has 0 spiro atoms. The second-order valence-corrected chi connectivity index (χ2v) is 8.72. The number of aromatic nitrogens is 3. The summed E-state index contributed by atoms with van der Waals surface area (Å²) in [4.78, 5) is 15.7. The Hall–Kier alpha value is -2.88. The van der Waals surface area contributed by atoms with E-state index in [2.05, 4.69) is 41.1 Å². The first kappa shape index (κ1) is 22.3. The van der Waals surface area contributed by atoms with Gasteiger partial charge in [-0.25, -0.2) is 15.0 Å². The maximum atomic E-state index is 13.2. The van der Waals surface area contributed by atoms with Crippen LogP contribution in [-0.2, 0) is 19.1 Å². The summed E-state index contributed by atoms with van der Waals surface area (Å²) in [6.07, 6.45) is -2.00. The molecule has 6 nitrogen and oxygen atoms in total. The van der Waals surface area contributed by atoms with Crippen molar-refractivity contribution in [3.63, 3.8) is 0 Å². The van der Waals surface area contributed by atoms with Crippen LogP contribution in [0.3, 0.4) is 0 Å². The van der Waals surface area contributed by atoms with E-state index in [1.807, 2.05) is 12.1 Å². The van der Waals surface area contributed by atoms with E-state index in [1.54, 1.807) is 26.1 Å². The second-order valence-electron chi connectivity index (χ2n) is 7.80. The second kappa shape index (κ2) is 8.57. The van der Waals surface area contributed by atoms with Gasteiger partial charge in [0.2, 0.25) is 0 Å². The van der Waals surface area contributed by atoms with E-state index in [0.29, 0.717) is 23.8 Å². The molecule has 3 aromatic rings. The highest BCUT2D eigenvalue weighted by atomic mass is 79.9. The van der Waals surface area contributed by atoms with Crippen LogP contribution in [0.2, 0.25) is 0 Å². The summed E-state index contributed by atoms with van der Waals surface area (Å²) in [5, 5.41) is 3.29. The van der Waals surface area contributed by atoms with Crippen LogP contribution in [0, 0.1) is 6.92 Å². The summed E-state index contributed by atoms with van der Waals surface area (Å²) in [6.45, 7) is 4.90. The third kappa shape index (κ3) is 4.79. The first-order chi connectivity index (χ1) is 15.1. The summed E-state index contributed by atoms with van der Waals surface area (Å²) in [6, 6.07) is 7.03. The Morgan fingerprint density at radius 3 is 2.66 bits per heavy atom. The number of rotatable bonds is 4. The molecule has 32 heavy (non-hydrogen) atoms. The molecule has 0 radical (unpaired) electrons. The zero-order chi connectivity index (χ0) is 23.0. The van der Waals surface area contributed by atoms with E-state index in [9.17, 15) is 13.2 Å². The number of aryl methyl sites for hydroxylation is 1. The van der Waals surface area contributed by atoms with Crippen molar-refractivity contribution in [3.8, 4) is 0 Å². The number of nitrogens with zero attached hydrogens (tertiary/aromatic N) is 4. The number of anilines is 3. The number of halogens is 4. The largest absolute Gasteiger partial charge is 0.416 e. The molecule has 0 saturated heterocycles. The number of nitrogens with two attached hydrogens (primary N) is 1. The SMILES string of the molecule is Cc1nc2c(c(NC(C)c3cc(N)cc(C(F)(F)F)c3)n1)CN(c1ccc(Br)cn1)CC2. The Labute approximate surface area is 192 Å². The number of fused-ring (bicyclic) bond motifs is 1. The minimum absolute atomic E-state index is 0.0665. The lowest BCUT2D eigenvalue weighted by atomic mass is 10.0. The Balaban J connectivity index is 1.63. The summed E-state index contributed by atoms with van der Waals surface area (Å²) < 4.78 is 40.6. The summed E-state index contributed by atoms with van der Waals surface area (Å²) in [5.74, 6) is 2.05. The van der Waals surface area contributed by atoms with Crippen molar-refractivity contribution in [2.45, 2.75) is 39.0 Å². The van der Waals surface area contributed by atoms with Crippen LogP contribution in [0.25, 0.3) is 0 Å². The molecule has 0 aliphatic carbocycles. The van der Waals surface area contributed by atoms with E-state index in [0.717, 1.165) is 46.6 Å². The summed E-state index contributed by atoms with van der Waals surface area (Å²) in [5.41, 5.74) is 7.33. The van der Waals surface area contributed by atoms with Crippen LogP contribution >= 0.6 is 15.9 Å². The topological polar surface area (TPSA) is 80.0 Å². The van der Waals surface area contributed by atoms with Crippen LogP contribution < -0.4 is 16.0 Å². The van der Waals surface area contributed by atoms with Gasteiger partial charge in [0.15, 0.2) is 0 Å². The van der Waals surface area contributed by atoms with Crippen LogP contribution in [-0.4, -0.2) is 21.5 Å². The standard InChI is InChI=1S/C22H22BrF3N6/c1-12(14-7-15(22(24,25)26)9-17(27)8-14)29-21-18-11-32(20-4-3-16(23)10-28-20)6-5-19(18)30-13(2)31-21/h3-4,7-10,12H,5-6,11,27H2,1-2H3,(H,29,30,31). The average Bonchev–Trinajstić information content (AvgIpc) is 2.73. The van der Waals surface area contributed by atoms with Gasteiger partial charge in [0.25, 0.3) is 0 Å². The normalized spacial score (nSPS) is 14.8. The highest BCUT2D eigenvalue weighted by molar-refractivity contribution is 9.10. The summed E-state index contributed by atoms with van der Waals surface area (Å²) in [7, 11) is 0. The maximum absolute atomic E-state index is 13.2. The lowest BCUT2D eigenvalue weighted by Crippen LogP contribution is -2.33. The number of hydrogen-bond acceptors (Lipinski definition) is 6. The maximum Gasteiger partial charge on any atom is 0.416 e. The molecule has 10 heteroatoms. The Kier molecular flexibility index (Phi) is 5.98. The van der Waals surface area contributed by atoms with Gasteiger partial charge < -0.3 is 16.0 Å². The van der Waals surface area contributed by atoms with Crippen molar-refractivity contribution in [2.24, 2.45) is 0 Å². The number of nitrogens with one attached hydrogen (secondary N) is 1. The molecule has 3 heterocycles. The molecule has 0 amide bonds. The molecular weight excluding hydrogens is 485 g/mol. The van der Waals surface area contributed by atoms with Gasteiger partial charge in [-0.1, -0.05) is 0 Å². The molecule has 3 N–H and O–H groups in total.